The van der Waals surface area contributed by atoms with Crippen molar-refractivity contribution in [2.24, 2.45) is 5.73 Å². The summed E-state index contributed by atoms with van der Waals surface area (Å²) in [5.74, 6) is 2.36. The summed E-state index contributed by atoms with van der Waals surface area (Å²) < 4.78 is 10.6. The fraction of sp³-hybridized carbons (Fsp3) is 0.455. The Bertz CT molecular complexity index is 358. The maximum absolute atomic E-state index is 5.76. The minimum absolute atomic E-state index is 0.350. The highest BCUT2D eigenvalue weighted by atomic mass is 16.7. The lowest BCUT2D eigenvalue weighted by Gasteiger charge is -2.32. The molecule has 1 fully saturated rings. The Balaban J connectivity index is 1.86. The van der Waals surface area contributed by atoms with Crippen LogP contribution in [0.1, 0.15) is 24.3 Å². The number of rotatable bonds is 1. The first-order valence-electron chi connectivity index (χ1n) is 4.98. The zero-order valence-electron chi connectivity index (χ0n) is 7.90. The average molecular weight is 191 g/mol. The highest BCUT2D eigenvalue weighted by Gasteiger charge is 2.28. The predicted octanol–water partition coefficient (Wildman–Crippen LogP) is 1.62. The zero-order valence-corrected chi connectivity index (χ0v) is 7.90. The summed E-state index contributed by atoms with van der Waals surface area (Å²) in [7, 11) is 0. The van der Waals surface area contributed by atoms with Gasteiger partial charge in [-0.25, -0.2) is 0 Å². The monoisotopic (exact) mass is 191 g/mol. The molecule has 1 aromatic carbocycles. The summed E-state index contributed by atoms with van der Waals surface area (Å²) in [6, 6.07) is 6.58. The summed E-state index contributed by atoms with van der Waals surface area (Å²) >= 11 is 0. The van der Waals surface area contributed by atoms with Crippen molar-refractivity contribution in [3.63, 3.8) is 0 Å². The van der Waals surface area contributed by atoms with Crippen LogP contribution >= 0.6 is 0 Å². The predicted molar refractivity (Wildman–Crippen MR) is 52.5 cm³/mol. The molecule has 3 nitrogen and oxygen atoms in total. The van der Waals surface area contributed by atoms with Crippen molar-refractivity contribution in [1.29, 1.82) is 0 Å². The van der Waals surface area contributed by atoms with Crippen LogP contribution < -0.4 is 15.2 Å². The number of nitrogens with two attached hydrogens (primary N) is 1. The smallest absolute Gasteiger partial charge is 0.231 e. The summed E-state index contributed by atoms with van der Waals surface area (Å²) in [6.45, 7) is 0.350. The lowest BCUT2D eigenvalue weighted by Crippen LogP contribution is -2.34. The molecule has 1 saturated carbocycles. The van der Waals surface area contributed by atoms with Gasteiger partial charge in [-0.3, -0.25) is 0 Å². The number of fused-ring (bicyclic) bond motifs is 1. The van der Waals surface area contributed by atoms with E-state index in [1.54, 1.807) is 0 Å². The van der Waals surface area contributed by atoms with E-state index < -0.39 is 0 Å². The molecule has 1 aromatic rings. The van der Waals surface area contributed by atoms with Crippen LogP contribution in [-0.2, 0) is 0 Å². The molecule has 1 aliphatic heterocycles. The molecule has 0 radical (unpaired) electrons. The van der Waals surface area contributed by atoms with Crippen LogP contribution in [0.4, 0.5) is 0 Å². The Hall–Kier alpha value is -1.22. The van der Waals surface area contributed by atoms with E-state index in [1.165, 1.54) is 5.56 Å². The van der Waals surface area contributed by atoms with E-state index >= 15 is 0 Å². The molecular formula is C11H13NO2. The van der Waals surface area contributed by atoms with Gasteiger partial charge >= 0.3 is 0 Å². The SMILES string of the molecule is NC1CC(c2ccc3c(c2)OCO3)C1. The molecule has 0 unspecified atom stereocenters. The van der Waals surface area contributed by atoms with E-state index in [0.29, 0.717) is 18.8 Å². The third-order valence-corrected chi connectivity index (χ3v) is 3.04. The third kappa shape index (κ3) is 1.16. The molecule has 0 bridgehead atoms. The first kappa shape index (κ1) is 8.12. The van der Waals surface area contributed by atoms with Crippen LogP contribution in [0.25, 0.3) is 0 Å². The van der Waals surface area contributed by atoms with Crippen LogP contribution in [0.15, 0.2) is 18.2 Å². The number of hydrogen-bond donors (Lipinski definition) is 1. The summed E-state index contributed by atoms with van der Waals surface area (Å²) in [5.41, 5.74) is 7.09. The Kier molecular flexibility index (Phi) is 1.67. The summed E-state index contributed by atoms with van der Waals surface area (Å²) in [4.78, 5) is 0. The Morgan fingerprint density at radius 2 is 1.93 bits per heavy atom. The topological polar surface area (TPSA) is 44.5 Å². The van der Waals surface area contributed by atoms with Crippen LogP contribution in [0.5, 0.6) is 11.5 Å². The second-order valence-electron chi connectivity index (χ2n) is 4.04. The van der Waals surface area contributed by atoms with Gasteiger partial charge in [-0.15, -0.1) is 0 Å². The van der Waals surface area contributed by atoms with Crippen molar-refractivity contribution in [2.45, 2.75) is 24.8 Å². The van der Waals surface area contributed by atoms with Crippen LogP contribution in [0.3, 0.4) is 0 Å². The fourth-order valence-corrected chi connectivity index (χ4v) is 2.10. The van der Waals surface area contributed by atoms with E-state index in [4.69, 9.17) is 15.2 Å². The molecule has 0 saturated heterocycles. The van der Waals surface area contributed by atoms with Gasteiger partial charge in [0.15, 0.2) is 11.5 Å². The molecule has 2 N–H and O–H groups in total. The third-order valence-electron chi connectivity index (χ3n) is 3.04. The molecule has 3 rings (SSSR count). The normalized spacial score (nSPS) is 28.6. The molecule has 74 valence electrons. The largest absolute Gasteiger partial charge is 0.454 e. The average Bonchev–Trinajstić information content (AvgIpc) is 2.59. The lowest BCUT2D eigenvalue weighted by atomic mass is 9.76. The second-order valence-corrected chi connectivity index (χ2v) is 4.04. The van der Waals surface area contributed by atoms with Gasteiger partial charge in [0.05, 0.1) is 0 Å². The minimum Gasteiger partial charge on any atom is -0.454 e. The standard InChI is InChI=1S/C11H13NO2/c12-9-3-8(4-9)7-1-2-10-11(5-7)14-6-13-10/h1-2,5,8-9H,3-4,6,12H2. The van der Waals surface area contributed by atoms with Crippen molar-refractivity contribution in [3.8, 4) is 11.5 Å². The quantitative estimate of drug-likeness (QED) is 0.733. The molecule has 14 heavy (non-hydrogen) atoms. The van der Waals surface area contributed by atoms with Crippen molar-refractivity contribution in [2.75, 3.05) is 6.79 Å². The molecule has 0 amide bonds. The van der Waals surface area contributed by atoms with Gasteiger partial charge in [-0.2, -0.15) is 0 Å². The summed E-state index contributed by atoms with van der Waals surface area (Å²) in [6.07, 6.45) is 2.19. The molecule has 0 spiro atoms. The van der Waals surface area contributed by atoms with Crippen molar-refractivity contribution < 1.29 is 9.47 Å². The van der Waals surface area contributed by atoms with Crippen molar-refractivity contribution >= 4 is 0 Å². The first-order valence-corrected chi connectivity index (χ1v) is 4.98. The van der Waals surface area contributed by atoms with Crippen molar-refractivity contribution in [1.82, 2.24) is 0 Å². The van der Waals surface area contributed by atoms with E-state index in [-0.39, 0.29) is 0 Å². The molecule has 3 heteroatoms. The Morgan fingerprint density at radius 1 is 1.14 bits per heavy atom. The van der Waals surface area contributed by atoms with E-state index in [2.05, 4.69) is 12.1 Å². The van der Waals surface area contributed by atoms with Gasteiger partial charge in [-0.1, -0.05) is 6.07 Å². The molecule has 2 aliphatic rings. The van der Waals surface area contributed by atoms with Crippen LogP contribution in [0.2, 0.25) is 0 Å². The highest BCUT2D eigenvalue weighted by molar-refractivity contribution is 5.45. The molecule has 1 heterocycles. The van der Waals surface area contributed by atoms with Crippen LogP contribution in [0, 0.1) is 0 Å². The minimum atomic E-state index is 0.350. The fourth-order valence-electron chi connectivity index (χ4n) is 2.10. The van der Waals surface area contributed by atoms with E-state index in [9.17, 15) is 0 Å². The van der Waals surface area contributed by atoms with Gasteiger partial charge in [-0.05, 0) is 36.5 Å². The van der Waals surface area contributed by atoms with Gasteiger partial charge in [0, 0.05) is 6.04 Å². The molecule has 1 aliphatic carbocycles. The molecule has 0 aromatic heterocycles. The van der Waals surface area contributed by atoms with Gasteiger partial charge in [0.25, 0.3) is 0 Å². The van der Waals surface area contributed by atoms with Gasteiger partial charge in [0.1, 0.15) is 0 Å². The maximum atomic E-state index is 5.76. The van der Waals surface area contributed by atoms with Gasteiger partial charge in [0.2, 0.25) is 6.79 Å². The Morgan fingerprint density at radius 3 is 2.71 bits per heavy atom. The second kappa shape index (κ2) is 2.89. The number of ether oxygens (including phenoxy) is 2. The molecule has 0 atom stereocenters. The van der Waals surface area contributed by atoms with E-state index in [1.807, 2.05) is 6.07 Å². The summed E-state index contributed by atoms with van der Waals surface area (Å²) in [5, 5.41) is 0. The lowest BCUT2D eigenvalue weighted by molar-refractivity contribution is 0.174. The van der Waals surface area contributed by atoms with Gasteiger partial charge < -0.3 is 15.2 Å². The molecular weight excluding hydrogens is 178 g/mol. The van der Waals surface area contributed by atoms with Crippen LogP contribution in [-0.4, -0.2) is 12.8 Å². The maximum Gasteiger partial charge on any atom is 0.231 e. The Labute approximate surface area is 82.8 Å². The highest BCUT2D eigenvalue weighted by Crippen LogP contribution is 2.40. The van der Waals surface area contributed by atoms with Crippen molar-refractivity contribution in [3.05, 3.63) is 23.8 Å². The number of benzene rings is 1. The number of hydrogen-bond acceptors (Lipinski definition) is 3. The first-order chi connectivity index (χ1) is 6.83. The zero-order chi connectivity index (χ0) is 9.54. The van der Waals surface area contributed by atoms with E-state index in [0.717, 1.165) is 24.3 Å².